The van der Waals surface area contributed by atoms with Gasteiger partial charge in [0.05, 0.1) is 0 Å². The number of pyridine rings is 1. The molecule has 2 unspecified atom stereocenters. The highest BCUT2D eigenvalue weighted by molar-refractivity contribution is 5.94. The van der Waals surface area contributed by atoms with Gasteiger partial charge in [0.1, 0.15) is 5.75 Å². The molecular weight excluding hydrogens is 204 g/mol. The molecule has 0 bridgehead atoms. The van der Waals surface area contributed by atoms with E-state index < -0.39 is 0 Å². The van der Waals surface area contributed by atoms with Crippen LogP contribution in [0.2, 0.25) is 0 Å². The topological polar surface area (TPSA) is 53.4 Å². The summed E-state index contributed by atoms with van der Waals surface area (Å²) >= 11 is 0. The van der Waals surface area contributed by atoms with Crippen LogP contribution in [0.3, 0.4) is 0 Å². The quantitative estimate of drug-likeness (QED) is 0.780. The van der Waals surface area contributed by atoms with Gasteiger partial charge in [-0.1, -0.05) is 13.8 Å². The molecule has 2 atom stereocenters. The van der Waals surface area contributed by atoms with E-state index in [9.17, 15) is 9.90 Å². The van der Waals surface area contributed by atoms with E-state index >= 15 is 0 Å². The Morgan fingerprint density at radius 2 is 2.06 bits per heavy atom. The van der Waals surface area contributed by atoms with Gasteiger partial charge in [-0.3, -0.25) is 4.79 Å². The average molecular weight is 220 g/mol. The third-order valence-electron chi connectivity index (χ3n) is 3.26. The van der Waals surface area contributed by atoms with Gasteiger partial charge in [0.25, 0.3) is 5.91 Å². The molecule has 0 aromatic carbocycles. The zero-order chi connectivity index (χ0) is 11.7. The van der Waals surface area contributed by atoms with Crippen molar-refractivity contribution in [2.45, 2.75) is 13.8 Å². The van der Waals surface area contributed by atoms with Gasteiger partial charge in [-0.2, -0.15) is 0 Å². The molecule has 16 heavy (non-hydrogen) atoms. The van der Waals surface area contributed by atoms with Crippen LogP contribution in [0.15, 0.2) is 18.3 Å². The largest absolute Gasteiger partial charge is 0.505 e. The molecular formula is C12H16N2O2. The molecule has 1 aliphatic heterocycles. The fourth-order valence-electron chi connectivity index (χ4n) is 2.01. The highest BCUT2D eigenvalue weighted by Crippen LogP contribution is 2.25. The van der Waals surface area contributed by atoms with Crippen molar-refractivity contribution in [3.8, 4) is 5.75 Å². The normalized spacial score (nSPS) is 24.8. The van der Waals surface area contributed by atoms with Gasteiger partial charge < -0.3 is 10.0 Å². The molecule has 1 fully saturated rings. The number of aromatic hydroxyl groups is 1. The molecule has 0 spiro atoms. The minimum atomic E-state index is -0.172. The standard InChI is InChI=1S/C12H16N2O2/c1-8-6-14(7-9(8)2)12(16)11-10(15)4-3-5-13-11/h3-5,8-9,15H,6-7H2,1-2H3. The van der Waals surface area contributed by atoms with E-state index in [1.54, 1.807) is 11.0 Å². The van der Waals surface area contributed by atoms with Crippen LogP contribution in [0, 0.1) is 11.8 Å². The Labute approximate surface area is 94.9 Å². The lowest BCUT2D eigenvalue weighted by atomic mass is 10.0. The summed E-state index contributed by atoms with van der Waals surface area (Å²) in [5.41, 5.74) is 0.156. The van der Waals surface area contributed by atoms with Crippen molar-refractivity contribution in [2.75, 3.05) is 13.1 Å². The molecule has 0 saturated carbocycles. The SMILES string of the molecule is CC1CN(C(=O)c2ncccc2O)CC1C. The molecule has 4 heteroatoms. The maximum Gasteiger partial charge on any atom is 0.276 e. The minimum absolute atomic E-state index is 0.0419. The molecule has 1 aliphatic rings. The highest BCUT2D eigenvalue weighted by atomic mass is 16.3. The number of likely N-dealkylation sites (tertiary alicyclic amines) is 1. The van der Waals surface area contributed by atoms with E-state index in [2.05, 4.69) is 18.8 Å². The molecule has 4 nitrogen and oxygen atoms in total. The summed E-state index contributed by atoms with van der Waals surface area (Å²) in [6.07, 6.45) is 1.52. The Kier molecular flexibility index (Phi) is 2.81. The van der Waals surface area contributed by atoms with Crippen molar-refractivity contribution < 1.29 is 9.90 Å². The molecule has 1 N–H and O–H groups in total. The van der Waals surface area contributed by atoms with Crippen LogP contribution in [0.5, 0.6) is 5.75 Å². The molecule has 0 radical (unpaired) electrons. The van der Waals surface area contributed by atoms with Crippen LogP contribution in [0.4, 0.5) is 0 Å². The summed E-state index contributed by atoms with van der Waals surface area (Å²) in [5, 5.41) is 9.56. The van der Waals surface area contributed by atoms with E-state index in [1.165, 1.54) is 12.3 Å². The first-order valence-corrected chi connectivity index (χ1v) is 5.53. The van der Waals surface area contributed by atoms with Gasteiger partial charge >= 0.3 is 0 Å². The number of aromatic nitrogens is 1. The molecule has 2 heterocycles. The Morgan fingerprint density at radius 3 is 2.62 bits per heavy atom. The first-order chi connectivity index (χ1) is 7.59. The Morgan fingerprint density at radius 1 is 1.44 bits per heavy atom. The molecule has 2 rings (SSSR count). The number of hydrogen-bond donors (Lipinski definition) is 1. The maximum absolute atomic E-state index is 12.1. The van der Waals surface area contributed by atoms with Crippen molar-refractivity contribution in [1.29, 1.82) is 0 Å². The van der Waals surface area contributed by atoms with Gasteiger partial charge in [0, 0.05) is 19.3 Å². The van der Waals surface area contributed by atoms with Crippen molar-refractivity contribution in [3.05, 3.63) is 24.0 Å². The Balaban J connectivity index is 2.18. The Hall–Kier alpha value is -1.58. The maximum atomic E-state index is 12.1. The van der Waals surface area contributed by atoms with E-state index in [4.69, 9.17) is 0 Å². The van der Waals surface area contributed by atoms with Crippen LogP contribution in [-0.2, 0) is 0 Å². The number of rotatable bonds is 1. The van der Waals surface area contributed by atoms with E-state index in [0.29, 0.717) is 11.8 Å². The number of hydrogen-bond acceptors (Lipinski definition) is 3. The summed E-state index contributed by atoms with van der Waals surface area (Å²) in [6.45, 7) is 5.76. The van der Waals surface area contributed by atoms with Crippen molar-refractivity contribution in [3.63, 3.8) is 0 Å². The first kappa shape index (κ1) is 10.9. The van der Waals surface area contributed by atoms with Crippen LogP contribution in [0.1, 0.15) is 24.3 Å². The number of carbonyl (C=O) groups is 1. The molecule has 0 aliphatic carbocycles. The van der Waals surface area contributed by atoms with Crippen LogP contribution >= 0.6 is 0 Å². The van der Waals surface area contributed by atoms with Gasteiger partial charge in [0.2, 0.25) is 0 Å². The third kappa shape index (κ3) is 1.87. The average Bonchev–Trinajstić information content (AvgIpc) is 2.59. The molecule has 1 saturated heterocycles. The van der Waals surface area contributed by atoms with E-state index in [-0.39, 0.29) is 17.4 Å². The summed E-state index contributed by atoms with van der Waals surface area (Å²) < 4.78 is 0. The summed E-state index contributed by atoms with van der Waals surface area (Å²) in [6, 6.07) is 3.10. The van der Waals surface area contributed by atoms with Crippen LogP contribution in [-0.4, -0.2) is 34.0 Å². The molecule has 1 aromatic rings. The molecule has 1 amide bonds. The predicted molar refractivity (Wildman–Crippen MR) is 60.1 cm³/mol. The summed E-state index contributed by atoms with van der Waals surface area (Å²) in [5.74, 6) is 0.804. The Bertz CT molecular complexity index is 396. The van der Waals surface area contributed by atoms with Gasteiger partial charge in [-0.15, -0.1) is 0 Å². The second-order valence-corrected chi connectivity index (χ2v) is 4.54. The zero-order valence-electron chi connectivity index (χ0n) is 9.55. The van der Waals surface area contributed by atoms with Crippen molar-refractivity contribution in [1.82, 2.24) is 9.88 Å². The summed E-state index contributed by atoms with van der Waals surface area (Å²) in [7, 11) is 0. The minimum Gasteiger partial charge on any atom is -0.505 e. The van der Waals surface area contributed by atoms with Gasteiger partial charge in [0.15, 0.2) is 5.69 Å². The van der Waals surface area contributed by atoms with Gasteiger partial charge in [-0.05, 0) is 24.0 Å². The smallest absolute Gasteiger partial charge is 0.276 e. The summed E-state index contributed by atoms with van der Waals surface area (Å²) in [4.78, 5) is 17.8. The monoisotopic (exact) mass is 220 g/mol. The lowest BCUT2D eigenvalue weighted by Crippen LogP contribution is -2.29. The fraction of sp³-hybridized carbons (Fsp3) is 0.500. The number of carbonyl (C=O) groups excluding carboxylic acids is 1. The van der Waals surface area contributed by atoms with Crippen molar-refractivity contribution >= 4 is 5.91 Å². The number of nitrogens with zero attached hydrogens (tertiary/aromatic N) is 2. The zero-order valence-corrected chi connectivity index (χ0v) is 9.55. The second-order valence-electron chi connectivity index (χ2n) is 4.54. The van der Waals surface area contributed by atoms with E-state index in [0.717, 1.165) is 13.1 Å². The van der Waals surface area contributed by atoms with E-state index in [1.807, 2.05) is 0 Å². The fourth-order valence-corrected chi connectivity index (χ4v) is 2.01. The third-order valence-corrected chi connectivity index (χ3v) is 3.26. The predicted octanol–water partition coefficient (Wildman–Crippen LogP) is 1.52. The molecule has 1 aromatic heterocycles. The number of amides is 1. The van der Waals surface area contributed by atoms with Crippen LogP contribution in [0.25, 0.3) is 0 Å². The lowest BCUT2D eigenvalue weighted by molar-refractivity contribution is 0.0776. The first-order valence-electron chi connectivity index (χ1n) is 5.53. The highest BCUT2D eigenvalue weighted by Gasteiger charge is 2.31. The van der Waals surface area contributed by atoms with Gasteiger partial charge in [-0.25, -0.2) is 4.98 Å². The van der Waals surface area contributed by atoms with Crippen LogP contribution < -0.4 is 0 Å². The molecule has 86 valence electrons. The lowest BCUT2D eigenvalue weighted by Gasteiger charge is -2.15. The van der Waals surface area contributed by atoms with Crippen molar-refractivity contribution in [2.24, 2.45) is 11.8 Å². The second kappa shape index (κ2) is 4.12.